The second-order valence-electron chi connectivity index (χ2n) is 6.14. The van der Waals surface area contributed by atoms with E-state index in [0.717, 1.165) is 38.4 Å². The Morgan fingerprint density at radius 1 is 1.48 bits per heavy atom. The number of carbonyl (C=O) groups excluding carboxylic acids is 1. The van der Waals surface area contributed by atoms with Crippen molar-refractivity contribution >= 4 is 5.91 Å². The molecule has 1 aromatic heterocycles. The molecule has 0 bridgehead atoms. The van der Waals surface area contributed by atoms with Crippen LogP contribution in [0.1, 0.15) is 37.5 Å². The molecule has 5 nitrogen and oxygen atoms in total. The third-order valence-corrected chi connectivity index (χ3v) is 4.58. The summed E-state index contributed by atoms with van der Waals surface area (Å²) < 4.78 is 5.57. The fourth-order valence-electron chi connectivity index (χ4n) is 3.38. The Morgan fingerprint density at radius 3 is 3.00 bits per heavy atom. The van der Waals surface area contributed by atoms with Gasteiger partial charge in [-0.05, 0) is 63.5 Å². The lowest BCUT2D eigenvalue weighted by atomic mass is 10.0. The first-order valence-corrected chi connectivity index (χ1v) is 8.08. The second-order valence-corrected chi connectivity index (χ2v) is 6.14. The summed E-state index contributed by atoms with van der Waals surface area (Å²) in [6, 6.07) is 4.11. The standard InChI is InChI=1S/C16H25N3O2/c20-16(10-13-5-6-17-11-13)18-12-14(15-4-3-9-21-15)19-7-1-2-8-19/h3-4,9,13-14,17H,1-2,5-8,10-12H2,(H,18,20). The molecule has 1 aromatic rings. The zero-order valence-electron chi connectivity index (χ0n) is 12.5. The van der Waals surface area contributed by atoms with Gasteiger partial charge in [-0.2, -0.15) is 0 Å². The maximum atomic E-state index is 12.1. The quantitative estimate of drug-likeness (QED) is 0.834. The molecular weight excluding hydrogens is 266 g/mol. The number of amides is 1. The molecule has 0 radical (unpaired) electrons. The minimum atomic E-state index is 0.166. The fourth-order valence-corrected chi connectivity index (χ4v) is 3.38. The van der Waals surface area contributed by atoms with Crippen molar-refractivity contribution < 1.29 is 9.21 Å². The smallest absolute Gasteiger partial charge is 0.220 e. The highest BCUT2D eigenvalue weighted by molar-refractivity contribution is 5.76. The molecule has 21 heavy (non-hydrogen) atoms. The van der Waals surface area contributed by atoms with Gasteiger partial charge in [0, 0.05) is 13.0 Å². The second kappa shape index (κ2) is 7.09. The van der Waals surface area contributed by atoms with Gasteiger partial charge in [0.1, 0.15) is 5.76 Å². The molecule has 2 fully saturated rings. The van der Waals surface area contributed by atoms with E-state index in [0.29, 0.717) is 18.9 Å². The molecule has 2 aliphatic heterocycles. The van der Waals surface area contributed by atoms with Crippen LogP contribution in [0.25, 0.3) is 0 Å². The van der Waals surface area contributed by atoms with E-state index in [1.807, 2.05) is 12.1 Å². The van der Waals surface area contributed by atoms with Crippen LogP contribution >= 0.6 is 0 Å². The number of rotatable bonds is 6. The van der Waals surface area contributed by atoms with Gasteiger partial charge in [0.05, 0.1) is 12.3 Å². The zero-order valence-corrected chi connectivity index (χ0v) is 12.5. The van der Waals surface area contributed by atoms with Crippen LogP contribution in [0.2, 0.25) is 0 Å². The minimum absolute atomic E-state index is 0.166. The topological polar surface area (TPSA) is 57.5 Å². The Bertz CT molecular complexity index is 434. The van der Waals surface area contributed by atoms with Crippen LogP contribution in [-0.4, -0.2) is 43.5 Å². The fraction of sp³-hybridized carbons (Fsp3) is 0.688. The predicted molar refractivity (Wildman–Crippen MR) is 80.9 cm³/mol. The monoisotopic (exact) mass is 291 g/mol. The lowest BCUT2D eigenvalue weighted by Crippen LogP contribution is -2.37. The molecule has 2 atom stereocenters. The van der Waals surface area contributed by atoms with Crippen molar-refractivity contribution in [3.8, 4) is 0 Å². The van der Waals surface area contributed by atoms with E-state index in [9.17, 15) is 4.79 Å². The third kappa shape index (κ3) is 3.86. The van der Waals surface area contributed by atoms with E-state index in [1.165, 1.54) is 12.8 Å². The van der Waals surface area contributed by atoms with Crippen molar-refractivity contribution in [1.29, 1.82) is 0 Å². The van der Waals surface area contributed by atoms with Crippen LogP contribution in [0.3, 0.4) is 0 Å². The summed E-state index contributed by atoms with van der Waals surface area (Å²) in [6.07, 6.45) is 5.93. The molecule has 2 aliphatic rings. The van der Waals surface area contributed by atoms with Gasteiger partial charge in [-0.15, -0.1) is 0 Å². The molecule has 2 unspecified atom stereocenters. The number of likely N-dealkylation sites (tertiary alicyclic amines) is 1. The van der Waals surface area contributed by atoms with Crippen LogP contribution in [0.5, 0.6) is 0 Å². The first-order valence-electron chi connectivity index (χ1n) is 8.08. The van der Waals surface area contributed by atoms with Gasteiger partial charge < -0.3 is 15.1 Å². The van der Waals surface area contributed by atoms with Crippen LogP contribution < -0.4 is 10.6 Å². The largest absolute Gasteiger partial charge is 0.468 e. The van der Waals surface area contributed by atoms with Crippen LogP contribution in [-0.2, 0) is 4.79 Å². The number of hydrogen-bond acceptors (Lipinski definition) is 4. The Kier molecular flexibility index (Phi) is 4.93. The third-order valence-electron chi connectivity index (χ3n) is 4.58. The lowest BCUT2D eigenvalue weighted by molar-refractivity contribution is -0.122. The summed E-state index contributed by atoms with van der Waals surface area (Å²) in [5.41, 5.74) is 0. The molecule has 116 valence electrons. The highest BCUT2D eigenvalue weighted by Gasteiger charge is 2.26. The van der Waals surface area contributed by atoms with E-state index in [2.05, 4.69) is 15.5 Å². The predicted octanol–water partition coefficient (Wildman–Crippen LogP) is 1.53. The summed E-state index contributed by atoms with van der Waals surface area (Å²) >= 11 is 0. The summed E-state index contributed by atoms with van der Waals surface area (Å²) in [4.78, 5) is 14.5. The minimum Gasteiger partial charge on any atom is -0.468 e. The van der Waals surface area contributed by atoms with Gasteiger partial charge in [-0.3, -0.25) is 9.69 Å². The van der Waals surface area contributed by atoms with Crippen molar-refractivity contribution in [3.63, 3.8) is 0 Å². The van der Waals surface area contributed by atoms with Gasteiger partial charge in [0.15, 0.2) is 0 Å². The molecule has 0 aromatic carbocycles. The van der Waals surface area contributed by atoms with Gasteiger partial charge in [0.25, 0.3) is 0 Å². The summed E-state index contributed by atoms with van der Waals surface area (Å²) in [7, 11) is 0. The molecule has 2 saturated heterocycles. The molecule has 2 N–H and O–H groups in total. The van der Waals surface area contributed by atoms with E-state index < -0.39 is 0 Å². The van der Waals surface area contributed by atoms with Crippen LogP contribution in [0.15, 0.2) is 22.8 Å². The Balaban J connectivity index is 1.53. The number of furan rings is 1. The molecule has 0 saturated carbocycles. The summed E-state index contributed by atoms with van der Waals surface area (Å²) in [5.74, 6) is 1.62. The van der Waals surface area contributed by atoms with E-state index in [-0.39, 0.29) is 11.9 Å². The highest BCUT2D eigenvalue weighted by Crippen LogP contribution is 2.25. The van der Waals surface area contributed by atoms with E-state index >= 15 is 0 Å². The average Bonchev–Trinajstić information content (AvgIpc) is 3.23. The Hall–Kier alpha value is -1.33. The van der Waals surface area contributed by atoms with Crippen molar-refractivity contribution in [2.45, 2.75) is 31.7 Å². The molecular formula is C16H25N3O2. The molecule has 3 rings (SSSR count). The van der Waals surface area contributed by atoms with Crippen molar-refractivity contribution in [2.75, 3.05) is 32.7 Å². The summed E-state index contributed by atoms with van der Waals surface area (Å²) in [6.45, 7) is 4.84. The van der Waals surface area contributed by atoms with Crippen LogP contribution in [0, 0.1) is 5.92 Å². The van der Waals surface area contributed by atoms with E-state index in [4.69, 9.17) is 4.42 Å². The van der Waals surface area contributed by atoms with Crippen molar-refractivity contribution in [2.24, 2.45) is 5.92 Å². The first-order chi connectivity index (χ1) is 10.3. The highest BCUT2D eigenvalue weighted by atomic mass is 16.3. The van der Waals surface area contributed by atoms with Crippen molar-refractivity contribution in [1.82, 2.24) is 15.5 Å². The average molecular weight is 291 g/mol. The van der Waals surface area contributed by atoms with Gasteiger partial charge >= 0.3 is 0 Å². The maximum Gasteiger partial charge on any atom is 0.220 e. The van der Waals surface area contributed by atoms with Crippen molar-refractivity contribution in [3.05, 3.63) is 24.2 Å². The molecule has 0 aliphatic carbocycles. The van der Waals surface area contributed by atoms with Crippen LogP contribution in [0.4, 0.5) is 0 Å². The molecule has 3 heterocycles. The maximum absolute atomic E-state index is 12.1. The van der Waals surface area contributed by atoms with Gasteiger partial charge in [-0.1, -0.05) is 0 Å². The Morgan fingerprint density at radius 2 is 2.33 bits per heavy atom. The number of nitrogens with one attached hydrogen (secondary N) is 2. The number of nitrogens with zero attached hydrogens (tertiary/aromatic N) is 1. The SMILES string of the molecule is O=C(CC1CCNC1)NCC(c1ccco1)N1CCCC1. The Labute approximate surface area is 126 Å². The molecule has 5 heteroatoms. The summed E-state index contributed by atoms with van der Waals surface area (Å²) in [5, 5.41) is 6.41. The lowest BCUT2D eigenvalue weighted by Gasteiger charge is -2.26. The van der Waals surface area contributed by atoms with Gasteiger partial charge in [-0.25, -0.2) is 0 Å². The molecule has 1 amide bonds. The number of carbonyl (C=O) groups is 1. The number of hydrogen-bond donors (Lipinski definition) is 2. The zero-order chi connectivity index (χ0) is 14.5. The normalized spacial score (nSPS) is 24.3. The molecule has 0 spiro atoms. The van der Waals surface area contributed by atoms with E-state index in [1.54, 1.807) is 6.26 Å². The first kappa shape index (κ1) is 14.6. The van der Waals surface area contributed by atoms with Gasteiger partial charge in [0.2, 0.25) is 5.91 Å².